The zero-order chi connectivity index (χ0) is 23.7. The van der Waals surface area contributed by atoms with Gasteiger partial charge in [-0.25, -0.2) is 8.42 Å². The van der Waals surface area contributed by atoms with Crippen LogP contribution in [0.25, 0.3) is 0 Å². The number of nitrogens with zero attached hydrogens (tertiary/aromatic N) is 1. The summed E-state index contributed by atoms with van der Waals surface area (Å²) in [5.74, 6) is 1.57. The quantitative estimate of drug-likeness (QED) is 0.412. The van der Waals surface area contributed by atoms with Crippen molar-refractivity contribution in [1.29, 1.82) is 0 Å². The molecule has 6 nitrogen and oxygen atoms in total. The van der Waals surface area contributed by atoms with Gasteiger partial charge in [-0.05, 0) is 36.8 Å². The minimum atomic E-state index is -3.97. The molecule has 0 aliphatic carbocycles. The fourth-order valence-corrected chi connectivity index (χ4v) is 5.45. The normalized spacial score (nSPS) is 11.1. The fourth-order valence-electron chi connectivity index (χ4n) is 3.18. The Hall–Kier alpha value is -2.97. The second-order valence-electron chi connectivity index (χ2n) is 7.38. The standard InChI is InChI=1S/C25H28N2O4S2/c1-20-12-14-21(15-13-20)19-32-17-16-26-25(28)18-27(23-10-6-7-11-24(23)31-2)33(29,30)22-8-4-3-5-9-22/h3-15H,16-19H2,1-2H3,(H,26,28). The molecule has 0 atom stereocenters. The van der Waals surface area contributed by atoms with Gasteiger partial charge in [0, 0.05) is 18.1 Å². The molecule has 0 saturated carbocycles. The van der Waals surface area contributed by atoms with Gasteiger partial charge in [-0.2, -0.15) is 11.8 Å². The van der Waals surface area contributed by atoms with E-state index in [1.807, 2.05) is 0 Å². The third kappa shape index (κ3) is 6.76. The maximum Gasteiger partial charge on any atom is 0.264 e. The number of sulfonamides is 1. The Morgan fingerprint density at radius 1 is 0.970 bits per heavy atom. The lowest BCUT2D eigenvalue weighted by molar-refractivity contribution is -0.119. The molecule has 0 heterocycles. The number of anilines is 1. The average Bonchev–Trinajstić information content (AvgIpc) is 2.84. The van der Waals surface area contributed by atoms with E-state index in [2.05, 4.69) is 36.5 Å². The number of amides is 1. The summed E-state index contributed by atoms with van der Waals surface area (Å²) in [5.41, 5.74) is 2.77. The molecule has 0 saturated heterocycles. The summed E-state index contributed by atoms with van der Waals surface area (Å²) in [4.78, 5) is 12.8. The lowest BCUT2D eigenvalue weighted by atomic mass is 10.2. The first-order chi connectivity index (χ1) is 15.9. The lowest BCUT2D eigenvalue weighted by Gasteiger charge is -2.25. The first-order valence-electron chi connectivity index (χ1n) is 10.5. The predicted octanol–water partition coefficient (Wildman–Crippen LogP) is 4.25. The Kier molecular flexibility index (Phi) is 8.79. The van der Waals surface area contributed by atoms with Crippen LogP contribution in [0.1, 0.15) is 11.1 Å². The van der Waals surface area contributed by atoms with Crippen LogP contribution in [0.2, 0.25) is 0 Å². The Morgan fingerprint density at radius 3 is 2.33 bits per heavy atom. The molecule has 0 spiro atoms. The van der Waals surface area contributed by atoms with Gasteiger partial charge in [0.15, 0.2) is 0 Å². The van der Waals surface area contributed by atoms with Crippen molar-refractivity contribution in [2.45, 2.75) is 17.6 Å². The summed E-state index contributed by atoms with van der Waals surface area (Å²) in [6, 6.07) is 23.2. The molecule has 0 radical (unpaired) electrons. The Bertz CT molecular complexity index is 1150. The van der Waals surface area contributed by atoms with Gasteiger partial charge in [-0.15, -0.1) is 0 Å². The Balaban J connectivity index is 1.66. The van der Waals surface area contributed by atoms with E-state index in [9.17, 15) is 13.2 Å². The number of methoxy groups -OCH3 is 1. The molecular formula is C25H28N2O4S2. The van der Waals surface area contributed by atoms with Crippen LogP contribution in [0.15, 0.2) is 83.8 Å². The number of nitrogens with one attached hydrogen (secondary N) is 1. The van der Waals surface area contributed by atoms with Crippen LogP contribution >= 0.6 is 11.8 Å². The molecule has 33 heavy (non-hydrogen) atoms. The summed E-state index contributed by atoms with van der Waals surface area (Å²) in [6.07, 6.45) is 0. The Morgan fingerprint density at radius 2 is 1.64 bits per heavy atom. The number of rotatable bonds is 11. The highest BCUT2D eigenvalue weighted by molar-refractivity contribution is 7.98. The summed E-state index contributed by atoms with van der Waals surface area (Å²) in [7, 11) is -2.50. The highest BCUT2D eigenvalue weighted by Gasteiger charge is 2.29. The van der Waals surface area contributed by atoms with Gasteiger partial charge in [-0.1, -0.05) is 60.2 Å². The van der Waals surface area contributed by atoms with E-state index in [4.69, 9.17) is 4.74 Å². The van der Waals surface area contributed by atoms with Crippen molar-refractivity contribution in [2.75, 3.05) is 30.3 Å². The van der Waals surface area contributed by atoms with E-state index in [0.29, 0.717) is 18.0 Å². The van der Waals surface area contributed by atoms with E-state index in [1.54, 1.807) is 54.2 Å². The maximum atomic E-state index is 13.4. The zero-order valence-electron chi connectivity index (χ0n) is 18.7. The molecule has 0 aromatic heterocycles. The van der Waals surface area contributed by atoms with Crippen molar-refractivity contribution in [3.8, 4) is 5.75 Å². The van der Waals surface area contributed by atoms with Crippen molar-refractivity contribution >= 4 is 33.4 Å². The number of para-hydroxylation sites is 2. The fraction of sp³-hybridized carbons (Fsp3) is 0.240. The van der Waals surface area contributed by atoms with Crippen molar-refractivity contribution < 1.29 is 17.9 Å². The van der Waals surface area contributed by atoms with Crippen LogP contribution in [-0.4, -0.2) is 40.3 Å². The summed E-state index contributed by atoms with van der Waals surface area (Å²) >= 11 is 1.71. The van der Waals surface area contributed by atoms with Crippen molar-refractivity contribution in [2.24, 2.45) is 0 Å². The van der Waals surface area contributed by atoms with E-state index >= 15 is 0 Å². The summed E-state index contributed by atoms with van der Waals surface area (Å²) in [6.45, 7) is 2.15. The van der Waals surface area contributed by atoms with Crippen molar-refractivity contribution in [3.63, 3.8) is 0 Å². The molecular weight excluding hydrogens is 456 g/mol. The zero-order valence-corrected chi connectivity index (χ0v) is 20.4. The summed E-state index contributed by atoms with van der Waals surface area (Å²) < 4.78 is 33.2. The van der Waals surface area contributed by atoms with Gasteiger partial charge in [0.25, 0.3) is 10.0 Å². The van der Waals surface area contributed by atoms with Crippen LogP contribution in [0.3, 0.4) is 0 Å². The molecule has 1 N–H and O–H groups in total. The highest BCUT2D eigenvalue weighted by Crippen LogP contribution is 2.32. The first kappa shape index (κ1) is 24.7. The summed E-state index contributed by atoms with van der Waals surface area (Å²) in [5, 5.41) is 2.83. The molecule has 0 bridgehead atoms. The van der Waals surface area contributed by atoms with Gasteiger partial charge in [0.1, 0.15) is 12.3 Å². The average molecular weight is 485 g/mol. The van der Waals surface area contributed by atoms with E-state index in [1.165, 1.54) is 30.4 Å². The number of carbonyl (C=O) groups excluding carboxylic acids is 1. The molecule has 0 unspecified atom stereocenters. The molecule has 0 aliphatic rings. The minimum absolute atomic E-state index is 0.109. The smallest absolute Gasteiger partial charge is 0.264 e. The maximum absolute atomic E-state index is 13.4. The van der Waals surface area contributed by atoms with Gasteiger partial charge in [0.2, 0.25) is 5.91 Å². The monoisotopic (exact) mass is 484 g/mol. The van der Waals surface area contributed by atoms with E-state index < -0.39 is 10.0 Å². The van der Waals surface area contributed by atoms with Gasteiger partial charge in [0.05, 0.1) is 17.7 Å². The topological polar surface area (TPSA) is 75.7 Å². The number of thioether (sulfide) groups is 1. The third-order valence-corrected chi connectivity index (χ3v) is 7.73. The third-order valence-electron chi connectivity index (χ3n) is 4.93. The number of carbonyl (C=O) groups is 1. The minimum Gasteiger partial charge on any atom is -0.495 e. The Labute approximate surface area is 200 Å². The second-order valence-corrected chi connectivity index (χ2v) is 10.4. The van der Waals surface area contributed by atoms with Crippen LogP contribution in [0.4, 0.5) is 5.69 Å². The molecule has 174 valence electrons. The van der Waals surface area contributed by atoms with Crippen LogP contribution in [0.5, 0.6) is 5.75 Å². The molecule has 1 amide bonds. The number of hydrogen-bond donors (Lipinski definition) is 1. The van der Waals surface area contributed by atoms with Crippen molar-refractivity contribution in [3.05, 3.63) is 90.0 Å². The first-order valence-corrected chi connectivity index (χ1v) is 13.1. The number of aryl methyl sites for hydroxylation is 1. The number of ether oxygens (including phenoxy) is 1. The highest BCUT2D eigenvalue weighted by atomic mass is 32.2. The van der Waals surface area contributed by atoms with Crippen LogP contribution in [0, 0.1) is 6.92 Å². The molecule has 0 aliphatic heterocycles. The molecule has 8 heteroatoms. The van der Waals surface area contributed by atoms with Crippen LogP contribution in [-0.2, 0) is 20.6 Å². The predicted molar refractivity (Wildman–Crippen MR) is 134 cm³/mol. The van der Waals surface area contributed by atoms with E-state index in [0.717, 1.165) is 15.8 Å². The SMILES string of the molecule is COc1ccccc1N(CC(=O)NCCSCc1ccc(C)cc1)S(=O)(=O)c1ccccc1. The second kappa shape index (κ2) is 11.8. The van der Waals surface area contributed by atoms with Crippen molar-refractivity contribution in [1.82, 2.24) is 5.32 Å². The van der Waals surface area contributed by atoms with Gasteiger partial charge >= 0.3 is 0 Å². The van der Waals surface area contributed by atoms with Crippen LogP contribution < -0.4 is 14.4 Å². The van der Waals surface area contributed by atoms with Gasteiger partial charge < -0.3 is 10.1 Å². The van der Waals surface area contributed by atoms with E-state index in [-0.39, 0.29) is 17.3 Å². The lowest BCUT2D eigenvalue weighted by Crippen LogP contribution is -2.41. The number of hydrogen-bond acceptors (Lipinski definition) is 5. The molecule has 3 rings (SSSR count). The largest absolute Gasteiger partial charge is 0.495 e. The number of benzene rings is 3. The van der Waals surface area contributed by atoms with Gasteiger partial charge in [-0.3, -0.25) is 9.10 Å². The molecule has 0 fully saturated rings. The molecule has 3 aromatic carbocycles. The molecule has 3 aromatic rings.